The first kappa shape index (κ1) is 18.4. The van der Waals surface area contributed by atoms with Crippen LogP contribution in [-0.2, 0) is 14.8 Å². The standard InChI is InChI=1S/C15H16F2N4O4S/c1-9-19-20-15(25-9)18-14(22)10-4-6-21(7-5-10)26(23,24)13-8-11(16)2-3-12(13)17/h2-3,8,10H,4-7H2,1H3,(H,18,20,22). The number of hydrogen-bond acceptors (Lipinski definition) is 6. The van der Waals surface area contributed by atoms with Gasteiger partial charge in [0.05, 0.1) is 0 Å². The Morgan fingerprint density at radius 2 is 1.96 bits per heavy atom. The summed E-state index contributed by atoms with van der Waals surface area (Å²) in [7, 11) is -4.17. The number of amides is 1. The van der Waals surface area contributed by atoms with Crippen LogP contribution in [0.1, 0.15) is 18.7 Å². The van der Waals surface area contributed by atoms with Gasteiger partial charge in [0.25, 0.3) is 0 Å². The molecule has 1 saturated heterocycles. The van der Waals surface area contributed by atoms with Crippen LogP contribution >= 0.6 is 0 Å². The first-order valence-corrected chi connectivity index (χ1v) is 9.27. The van der Waals surface area contributed by atoms with Crippen LogP contribution < -0.4 is 5.32 Å². The lowest BCUT2D eigenvalue weighted by molar-refractivity contribution is -0.121. The normalized spacial score (nSPS) is 16.6. The molecule has 1 aliphatic rings. The second-order valence-corrected chi connectivity index (χ2v) is 7.77. The number of aromatic nitrogens is 2. The van der Waals surface area contributed by atoms with E-state index in [1.807, 2.05) is 0 Å². The van der Waals surface area contributed by atoms with Crippen molar-refractivity contribution in [3.8, 4) is 0 Å². The number of rotatable bonds is 4. The molecule has 8 nitrogen and oxygen atoms in total. The van der Waals surface area contributed by atoms with Crippen molar-refractivity contribution < 1.29 is 26.4 Å². The van der Waals surface area contributed by atoms with Gasteiger partial charge in [-0.2, -0.15) is 4.31 Å². The van der Waals surface area contributed by atoms with Crippen molar-refractivity contribution >= 4 is 21.9 Å². The van der Waals surface area contributed by atoms with Crippen LogP contribution in [0.3, 0.4) is 0 Å². The van der Waals surface area contributed by atoms with E-state index in [0.717, 1.165) is 16.4 Å². The van der Waals surface area contributed by atoms with Gasteiger partial charge in [-0.05, 0) is 31.0 Å². The highest BCUT2D eigenvalue weighted by Crippen LogP contribution is 2.26. The number of hydrogen-bond donors (Lipinski definition) is 1. The average molecular weight is 386 g/mol. The smallest absolute Gasteiger partial charge is 0.322 e. The fourth-order valence-electron chi connectivity index (χ4n) is 2.73. The van der Waals surface area contributed by atoms with Gasteiger partial charge in [-0.1, -0.05) is 5.10 Å². The van der Waals surface area contributed by atoms with Gasteiger partial charge in [0, 0.05) is 25.9 Å². The minimum absolute atomic E-state index is 0.0131. The lowest BCUT2D eigenvalue weighted by Gasteiger charge is -2.30. The van der Waals surface area contributed by atoms with Crippen molar-refractivity contribution in [2.24, 2.45) is 5.92 Å². The number of piperidine rings is 1. The van der Waals surface area contributed by atoms with Gasteiger partial charge in [-0.3, -0.25) is 10.1 Å². The fraction of sp³-hybridized carbons (Fsp3) is 0.400. The van der Waals surface area contributed by atoms with Crippen molar-refractivity contribution in [2.75, 3.05) is 18.4 Å². The SMILES string of the molecule is Cc1nnc(NC(=O)C2CCN(S(=O)(=O)c3cc(F)ccc3F)CC2)o1. The number of halogens is 2. The maximum Gasteiger partial charge on any atom is 0.322 e. The van der Waals surface area contributed by atoms with Crippen molar-refractivity contribution in [1.29, 1.82) is 0 Å². The van der Waals surface area contributed by atoms with Crippen molar-refractivity contribution in [3.05, 3.63) is 35.7 Å². The summed E-state index contributed by atoms with van der Waals surface area (Å²) in [6.45, 7) is 1.61. The summed E-state index contributed by atoms with van der Waals surface area (Å²) >= 11 is 0. The predicted octanol–water partition coefficient (Wildman–Crippen LogP) is 1.70. The van der Waals surface area contributed by atoms with Crippen molar-refractivity contribution in [2.45, 2.75) is 24.7 Å². The van der Waals surface area contributed by atoms with E-state index >= 15 is 0 Å². The van der Waals surface area contributed by atoms with Crippen LogP contribution in [0, 0.1) is 24.5 Å². The maximum absolute atomic E-state index is 13.8. The molecule has 11 heteroatoms. The Morgan fingerprint density at radius 1 is 1.27 bits per heavy atom. The van der Waals surface area contributed by atoms with E-state index in [1.165, 1.54) is 0 Å². The lowest BCUT2D eigenvalue weighted by Crippen LogP contribution is -2.41. The number of carbonyl (C=O) groups excluding carboxylic acids is 1. The first-order chi connectivity index (χ1) is 12.3. The largest absolute Gasteiger partial charge is 0.408 e. The maximum atomic E-state index is 13.8. The van der Waals surface area contributed by atoms with Crippen LogP contribution in [0.15, 0.2) is 27.5 Å². The Labute approximate surface area is 148 Å². The zero-order chi connectivity index (χ0) is 18.9. The molecular weight excluding hydrogens is 370 g/mol. The lowest BCUT2D eigenvalue weighted by atomic mass is 9.97. The molecule has 1 fully saturated rings. The van der Waals surface area contributed by atoms with Gasteiger partial charge in [-0.25, -0.2) is 17.2 Å². The van der Waals surface area contributed by atoms with Crippen LogP contribution in [0.4, 0.5) is 14.8 Å². The summed E-state index contributed by atoms with van der Waals surface area (Å²) in [5.41, 5.74) is 0. The molecule has 2 aromatic rings. The summed E-state index contributed by atoms with van der Waals surface area (Å²) in [6.07, 6.45) is 0.463. The minimum Gasteiger partial charge on any atom is -0.408 e. The summed E-state index contributed by atoms with van der Waals surface area (Å²) in [5.74, 6) is -2.36. The molecule has 1 aromatic carbocycles. The highest BCUT2D eigenvalue weighted by atomic mass is 32.2. The Kier molecular flexibility index (Phi) is 5.01. The minimum atomic E-state index is -4.17. The second-order valence-electron chi connectivity index (χ2n) is 5.87. The average Bonchev–Trinajstić information content (AvgIpc) is 3.02. The molecule has 0 aliphatic carbocycles. The van der Waals surface area contributed by atoms with E-state index in [1.54, 1.807) is 6.92 Å². The Hall–Kier alpha value is -2.40. The molecule has 0 spiro atoms. The van der Waals surface area contributed by atoms with E-state index in [-0.39, 0.29) is 37.9 Å². The molecule has 3 rings (SSSR count). The van der Waals surface area contributed by atoms with Crippen LogP contribution in [0.25, 0.3) is 0 Å². The van der Waals surface area contributed by atoms with E-state index in [0.29, 0.717) is 12.0 Å². The molecule has 26 heavy (non-hydrogen) atoms. The predicted molar refractivity (Wildman–Crippen MR) is 85.5 cm³/mol. The zero-order valence-electron chi connectivity index (χ0n) is 13.8. The number of carbonyl (C=O) groups is 1. The molecule has 140 valence electrons. The van der Waals surface area contributed by atoms with E-state index < -0.39 is 32.5 Å². The van der Waals surface area contributed by atoms with Crippen LogP contribution in [0.2, 0.25) is 0 Å². The molecule has 1 N–H and O–H groups in total. The van der Waals surface area contributed by atoms with Gasteiger partial charge in [-0.15, -0.1) is 5.10 Å². The summed E-state index contributed by atoms with van der Waals surface area (Å²) in [4.78, 5) is 11.5. The van der Waals surface area contributed by atoms with E-state index in [9.17, 15) is 22.0 Å². The quantitative estimate of drug-likeness (QED) is 0.857. The monoisotopic (exact) mass is 386 g/mol. The van der Waals surface area contributed by atoms with Crippen LogP contribution in [-0.4, -0.2) is 41.9 Å². The molecule has 0 saturated carbocycles. The molecule has 1 aliphatic heterocycles. The third-order valence-electron chi connectivity index (χ3n) is 4.09. The molecular formula is C15H16F2N4O4S. The van der Waals surface area contributed by atoms with Gasteiger partial charge < -0.3 is 4.42 Å². The highest BCUT2D eigenvalue weighted by Gasteiger charge is 2.34. The molecule has 2 heterocycles. The second kappa shape index (κ2) is 7.08. The van der Waals surface area contributed by atoms with Gasteiger partial charge >= 0.3 is 6.01 Å². The number of aryl methyl sites for hydroxylation is 1. The summed E-state index contributed by atoms with van der Waals surface area (Å²) in [6, 6.07) is 2.25. The van der Waals surface area contributed by atoms with Gasteiger partial charge in [0.15, 0.2) is 0 Å². The molecule has 0 atom stereocenters. The number of nitrogens with zero attached hydrogens (tertiary/aromatic N) is 3. The fourth-order valence-corrected chi connectivity index (χ4v) is 4.27. The number of benzene rings is 1. The van der Waals surface area contributed by atoms with Crippen molar-refractivity contribution in [3.63, 3.8) is 0 Å². The molecule has 1 aromatic heterocycles. The Balaban J connectivity index is 1.66. The summed E-state index contributed by atoms with van der Waals surface area (Å²) < 4.78 is 58.3. The number of sulfonamides is 1. The van der Waals surface area contributed by atoms with Crippen molar-refractivity contribution in [1.82, 2.24) is 14.5 Å². The van der Waals surface area contributed by atoms with Gasteiger partial charge in [0.2, 0.25) is 21.8 Å². The van der Waals surface area contributed by atoms with Gasteiger partial charge in [0.1, 0.15) is 16.5 Å². The molecule has 0 unspecified atom stereocenters. The molecule has 1 amide bonds. The van der Waals surface area contributed by atoms with E-state index in [2.05, 4.69) is 15.5 Å². The Bertz CT molecular complexity index is 923. The number of anilines is 1. The van der Waals surface area contributed by atoms with E-state index in [4.69, 9.17) is 4.42 Å². The first-order valence-electron chi connectivity index (χ1n) is 7.83. The highest BCUT2D eigenvalue weighted by molar-refractivity contribution is 7.89. The molecule has 0 radical (unpaired) electrons. The third-order valence-corrected chi connectivity index (χ3v) is 6.01. The summed E-state index contributed by atoms with van der Waals surface area (Å²) in [5, 5.41) is 9.73. The number of nitrogens with one attached hydrogen (secondary N) is 1. The Morgan fingerprint density at radius 3 is 2.58 bits per heavy atom. The topological polar surface area (TPSA) is 105 Å². The third kappa shape index (κ3) is 3.73. The van der Waals surface area contributed by atoms with Crippen LogP contribution in [0.5, 0.6) is 0 Å². The zero-order valence-corrected chi connectivity index (χ0v) is 14.6. The molecule has 0 bridgehead atoms.